The Hall–Kier alpha value is -2.96. The van der Waals surface area contributed by atoms with Gasteiger partial charge in [-0.25, -0.2) is 0 Å². The van der Waals surface area contributed by atoms with Gasteiger partial charge < -0.3 is 14.7 Å². The monoisotopic (exact) mass is 406 g/mol. The van der Waals surface area contributed by atoms with E-state index in [1.165, 1.54) is 0 Å². The van der Waals surface area contributed by atoms with E-state index in [2.05, 4.69) is 4.90 Å². The van der Waals surface area contributed by atoms with E-state index in [1.807, 2.05) is 49.4 Å². The molecule has 0 spiro atoms. The summed E-state index contributed by atoms with van der Waals surface area (Å²) in [6.45, 7) is 5.99. The van der Waals surface area contributed by atoms with Gasteiger partial charge in [-0.1, -0.05) is 60.2 Å². The number of likely N-dealkylation sites (tertiary alicyclic amines) is 1. The minimum atomic E-state index is -0.635. The van der Waals surface area contributed by atoms with Gasteiger partial charge in [0.15, 0.2) is 0 Å². The zero-order chi connectivity index (χ0) is 21.1. The number of amides is 1. The summed E-state index contributed by atoms with van der Waals surface area (Å²) in [6.07, 6.45) is 0. The largest absolute Gasteiger partial charge is 0.507 e. The van der Waals surface area contributed by atoms with Crippen LogP contribution in [0.5, 0.6) is 0 Å². The van der Waals surface area contributed by atoms with Gasteiger partial charge in [0.2, 0.25) is 0 Å². The molecule has 0 aromatic heterocycles. The van der Waals surface area contributed by atoms with Crippen LogP contribution in [0.2, 0.25) is 0 Å². The third kappa shape index (κ3) is 4.01. The third-order valence-corrected chi connectivity index (χ3v) is 5.74. The van der Waals surface area contributed by atoms with E-state index < -0.39 is 17.7 Å². The van der Waals surface area contributed by atoms with Crippen molar-refractivity contribution in [2.45, 2.75) is 13.0 Å². The molecule has 6 heteroatoms. The summed E-state index contributed by atoms with van der Waals surface area (Å²) in [5, 5.41) is 11.0. The smallest absolute Gasteiger partial charge is 0.295 e. The molecular formula is C24H26N2O4. The first-order chi connectivity index (χ1) is 14.6. The van der Waals surface area contributed by atoms with E-state index in [1.54, 1.807) is 17.0 Å². The summed E-state index contributed by atoms with van der Waals surface area (Å²) >= 11 is 0. The molecule has 0 unspecified atom stereocenters. The van der Waals surface area contributed by atoms with Gasteiger partial charge >= 0.3 is 0 Å². The standard InChI is InChI=1S/C24H26N2O4/c1-17-7-9-19(10-8-17)22(27)20-21(18-5-3-2-4-6-18)26(24(29)23(20)28)12-11-25-13-15-30-16-14-25/h2-10,21,27H,11-16H2,1H3/t21-/m0/s1. The van der Waals surface area contributed by atoms with E-state index >= 15 is 0 Å². The predicted molar refractivity (Wildman–Crippen MR) is 114 cm³/mol. The van der Waals surface area contributed by atoms with Crippen molar-refractivity contribution in [3.05, 3.63) is 76.9 Å². The van der Waals surface area contributed by atoms with Gasteiger partial charge in [-0.3, -0.25) is 14.5 Å². The first-order valence-electron chi connectivity index (χ1n) is 10.3. The van der Waals surface area contributed by atoms with Crippen LogP contribution in [0.1, 0.15) is 22.7 Å². The second kappa shape index (κ2) is 8.81. The average molecular weight is 406 g/mol. The van der Waals surface area contributed by atoms with Crippen molar-refractivity contribution in [1.82, 2.24) is 9.80 Å². The number of hydrogen-bond donors (Lipinski definition) is 1. The molecule has 2 aliphatic heterocycles. The number of aryl methyl sites for hydroxylation is 1. The second-order valence-electron chi connectivity index (χ2n) is 7.72. The Morgan fingerprint density at radius 2 is 1.67 bits per heavy atom. The van der Waals surface area contributed by atoms with E-state index in [0.29, 0.717) is 31.9 Å². The van der Waals surface area contributed by atoms with E-state index in [9.17, 15) is 14.7 Å². The van der Waals surface area contributed by atoms with Crippen molar-refractivity contribution >= 4 is 17.4 Å². The number of benzene rings is 2. The fourth-order valence-electron chi connectivity index (χ4n) is 4.03. The molecule has 156 valence electrons. The lowest BCUT2D eigenvalue weighted by Gasteiger charge is -2.31. The molecular weight excluding hydrogens is 380 g/mol. The zero-order valence-electron chi connectivity index (χ0n) is 17.1. The van der Waals surface area contributed by atoms with E-state index in [-0.39, 0.29) is 11.3 Å². The highest BCUT2D eigenvalue weighted by Gasteiger charge is 2.45. The molecule has 30 heavy (non-hydrogen) atoms. The summed E-state index contributed by atoms with van der Waals surface area (Å²) in [7, 11) is 0. The minimum absolute atomic E-state index is 0.129. The molecule has 0 saturated carbocycles. The third-order valence-electron chi connectivity index (χ3n) is 5.74. The summed E-state index contributed by atoms with van der Waals surface area (Å²) in [6, 6.07) is 16.1. The highest BCUT2D eigenvalue weighted by molar-refractivity contribution is 6.46. The number of ether oxygens (including phenoxy) is 1. The zero-order valence-corrected chi connectivity index (χ0v) is 17.1. The van der Waals surface area contributed by atoms with Crippen molar-refractivity contribution in [2.75, 3.05) is 39.4 Å². The number of carbonyl (C=O) groups excluding carboxylic acids is 2. The molecule has 2 fully saturated rings. The molecule has 6 nitrogen and oxygen atoms in total. The van der Waals surface area contributed by atoms with Gasteiger partial charge in [-0.2, -0.15) is 0 Å². The lowest BCUT2D eigenvalue weighted by atomic mass is 9.95. The fourth-order valence-corrected chi connectivity index (χ4v) is 4.03. The maximum Gasteiger partial charge on any atom is 0.295 e. The van der Waals surface area contributed by atoms with Crippen LogP contribution >= 0.6 is 0 Å². The molecule has 2 aromatic rings. The number of Topliss-reactive ketones (excluding diaryl/α,β-unsaturated/α-hetero) is 1. The van der Waals surface area contributed by atoms with Gasteiger partial charge in [0.05, 0.1) is 24.8 Å². The molecule has 1 N–H and O–H groups in total. The Morgan fingerprint density at radius 1 is 1.00 bits per heavy atom. The number of morpholine rings is 1. The topological polar surface area (TPSA) is 70.1 Å². The number of carbonyl (C=O) groups is 2. The van der Waals surface area contributed by atoms with Gasteiger partial charge in [0, 0.05) is 31.7 Å². The average Bonchev–Trinajstić information content (AvgIpc) is 3.04. The van der Waals surface area contributed by atoms with Crippen molar-refractivity contribution < 1.29 is 19.4 Å². The quantitative estimate of drug-likeness (QED) is 0.470. The maximum absolute atomic E-state index is 13.0. The van der Waals surface area contributed by atoms with Crippen LogP contribution in [-0.2, 0) is 14.3 Å². The summed E-state index contributed by atoms with van der Waals surface area (Å²) in [4.78, 5) is 29.8. The lowest BCUT2D eigenvalue weighted by Crippen LogP contribution is -2.42. The van der Waals surface area contributed by atoms with Gasteiger partial charge in [-0.15, -0.1) is 0 Å². The van der Waals surface area contributed by atoms with Gasteiger partial charge in [0.1, 0.15) is 5.76 Å². The van der Waals surface area contributed by atoms with Crippen LogP contribution in [0.4, 0.5) is 0 Å². The Morgan fingerprint density at radius 3 is 2.33 bits per heavy atom. The normalized spacial score (nSPS) is 21.9. The van der Waals surface area contributed by atoms with Crippen LogP contribution in [0.15, 0.2) is 60.2 Å². The Kier molecular flexibility index (Phi) is 5.97. The molecule has 1 atom stereocenters. The molecule has 1 amide bonds. The van der Waals surface area contributed by atoms with Crippen LogP contribution in [-0.4, -0.2) is 66.0 Å². The summed E-state index contributed by atoms with van der Waals surface area (Å²) in [5.74, 6) is -1.33. The number of aliphatic hydroxyl groups is 1. The summed E-state index contributed by atoms with van der Waals surface area (Å²) in [5.41, 5.74) is 2.55. The fraction of sp³-hybridized carbons (Fsp3) is 0.333. The number of hydrogen-bond acceptors (Lipinski definition) is 5. The van der Waals surface area contributed by atoms with Crippen molar-refractivity contribution in [1.29, 1.82) is 0 Å². The SMILES string of the molecule is Cc1ccc(C(O)=C2C(=O)C(=O)N(CCN3CCOCC3)[C@H]2c2ccccc2)cc1. The van der Waals surface area contributed by atoms with Gasteiger partial charge in [0.25, 0.3) is 11.7 Å². The number of rotatable bonds is 5. The van der Waals surface area contributed by atoms with Crippen molar-refractivity contribution in [2.24, 2.45) is 0 Å². The summed E-state index contributed by atoms with van der Waals surface area (Å²) < 4.78 is 5.39. The molecule has 2 saturated heterocycles. The molecule has 0 bridgehead atoms. The van der Waals surface area contributed by atoms with Crippen LogP contribution in [0.3, 0.4) is 0 Å². The van der Waals surface area contributed by atoms with Crippen molar-refractivity contribution in [3.8, 4) is 0 Å². The molecule has 0 aliphatic carbocycles. The first kappa shape index (κ1) is 20.3. The lowest BCUT2D eigenvalue weighted by molar-refractivity contribution is -0.140. The Labute approximate surface area is 176 Å². The highest BCUT2D eigenvalue weighted by Crippen LogP contribution is 2.39. The molecule has 2 heterocycles. The minimum Gasteiger partial charge on any atom is -0.507 e. The Balaban J connectivity index is 1.71. The Bertz CT molecular complexity index is 947. The molecule has 4 rings (SSSR count). The molecule has 2 aromatic carbocycles. The van der Waals surface area contributed by atoms with Crippen molar-refractivity contribution in [3.63, 3.8) is 0 Å². The number of aliphatic hydroxyl groups excluding tert-OH is 1. The van der Waals surface area contributed by atoms with Crippen LogP contribution in [0, 0.1) is 6.92 Å². The van der Waals surface area contributed by atoms with E-state index in [4.69, 9.17) is 4.74 Å². The molecule has 0 radical (unpaired) electrons. The highest BCUT2D eigenvalue weighted by atomic mass is 16.5. The van der Waals surface area contributed by atoms with Gasteiger partial charge in [-0.05, 0) is 12.5 Å². The van der Waals surface area contributed by atoms with Crippen LogP contribution in [0.25, 0.3) is 5.76 Å². The maximum atomic E-state index is 13.0. The molecule has 2 aliphatic rings. The second-order valence-corrected chi connectivity index (χ2v) is 7.72. The number of ketones is 1. The van der Waals surface area contributed by atoms with E-state index in [0.717, 1.165) is 24.2 Å². The first-order valence-corrected chi connectivity index (χ1v) is 10.3. The number of nitrogens with zero attached hydrogens (tertiary/aromatic N) is 2. The van der Waals surface area contributed by atoms with Crippen LogP contribution < -0.4 is 0 Å². The predicted octanol–water partition coefficient (Wildman–Crippen LogP) is 2.75.